The average molecular weight is 421 g/mol. The number of nitrogens with zero attached hydrogens (tertiary/aromatic N) is 1. The molecule has 3 aromatic rings. The van der Waals surface area contributed by atoms with Crippen LogP contribution >= 0.6 is 11.8 Å². The summed E-state index contributed by atoms with van der Waals surface area (Å²) in [5.41, 5.74) is 14.3. The summed E-state index contributed by atoms with van der Waals surface area (Å²) in [5.74, 6) is 0.502. The predicted octanol–water partition coefficient (Wildman–Crippen LogP) is 6.60. The van der Waals surface area contributed by atoms with Gasteiger partial charge in [-0.3, -0.25) is 9.78 Å². The molecule has 0 spiro atoms. The minimum absolute atomic E-state index is 0.147. The first-order valence-corrected chi connectivity index (χ1v) is 11.6. The van der Waals surface area contributed by atoms with Crippen molar-refractivity contribution in [2.75, 3.05) is 0 Å². The van der Waals surface area contributed by atoms with Crippen LogP contribution in [0.3, 0.4) is 0 Å². The summed E-state index contributed by atoms with van der Waals surface area (Å²) in [7, 11) is 0. The average Bonchev–Trinajstić information content (AvgIpc) is 2.71. The second-order valence-corrected chi connectivity index (χ2v) is 9.74. The Morgan fingerprint density at radius 2 is 1.83 bits per heavy atom. The van der Waals surface area contributed by atoms with E-state index >= 15 is 0 Å². The number of benzene rings is 2. The highest BCUT2D eigenvalue weighted by Crippen LogP contribution is 2.38. The first-order chi connectivity index (χ1) is 14.3. The highest BCUT2D eigenvalue weighted by Gasteiger charge is 2.19. The van der Waals surface area contributed by atoms with Crippen LogP contribution in [0.2, 0.25) is 0 Å². The number of rotatable bonds is 7. The fourth-order valence-electron chi connectivity index (χ4n) is 3.98. The standard InChI is InChI=1S/C26H32N2OS/c1-6-25(30-18(5)29)20-11-12-23-21(14-20)26(19-9-7-17(4)8-10-19)22(15-27)24(28-23)13-16(2)3/h7-12,14,16,25H,6,13,15,27H2,1-5H3. The summed E-state index contributed by atoms with van der Waals surface area (Å²) < 4.78 is 0. The summed E-state index contributed by atoms with van der Waals surface area (Å²) in [5, 5.41) is 1.41. The van der Waals surface area contributed by atoms with Crippen LogP contribution in [-0.4, -0.2) is 10.1 Å². The molecule has 3 nitrogen and oxygen atoms in total. The van der Waals surface area contributed by atoms with Crippen LogP contribution in [0.5, 0.6) is 0 Å². The molecule has 158 valence electrons. The van der Waals surface area contributed by atoms with Crippen molar-refractivity contribution in [3.63, 3.8) is 0 Å². The topological polar surface area (TPSA) is 56.0 Å². The van der Waals surface area contributed by atoms with E-state index in [1.165, 1.54) is 34.0 Å². The van der Waals surface area contributed by atoms with E-state index in [-0.39, 0.29) is 10.4 Å². The fraction of sp³-hybridized carbons (Fsp3) is 0.385. The molecule has 0 saturated heterocycles. The van der Waals surface area contributed by atoms with E-state index in [0.717, 1.165) is 35.0 Å². The van der Waals surface area contributed by atoms with Crippen LogP contribution in [0, 0.1) is 12.8 Å². The molecule has 1 unspecified atom stereocenters. The molecule has 0 fully saturated rings. The number of hydrogen-bond donors (Lipinski definition) is 1. The van der Waals surface area contributed by atoms with Gasteiger partial charge < -0.3 is 5.73 Å². The van der Waals surface area contributed by atoms with Crippen LogP contribution in [0.25, 0.3) is 22.0 Å². The zero-order chi connectivity index (χ0) is 21.8. The van der Waals surface area contributed by atoms with Gasteiger partial charge in [-0.15, -0.1) is 0 Å². The van der Waals surface area contributed by atoms with Crippen molar-refractivity contribution < 1.29 is 4.79 Å². The molecule has 3 rings (SSSR count). The van der Waals surface area contributed by atoms with Gasteiger partial charge in [0.25, 0.3) is 0 Å². The van der Waals surface area contributed by atoms with Crippen LogP contribution < -0.4 is 5.73 Å². The molecule has 2 N–H and O–H groups in total. The molecule has 0 aliphatic carbocycles. The molecule has 1 atom stereocenters. The molecule has 0 amide bonds. The van der Waals surface area contributed by atoms with Gasteiger partial charge in [0.1, 0.15) is 0 Å². The Morgan fingerprint density at radius 3 is 2.40 bits per heavy atom. The largest absolute Gasteiger partial charge is 0.326 e. The molecule has 0 bridgehead atoms. The smallest absolute Gasteiger partial charge is 0.186 e. The van der Waals surface area contributed by atoms with Crippen LogP contribution in [0.1, 0.15) is 61.7 Å². The van der Waals surface area contributed by atoms with Gasteiger partial charge in [-0.1, -0.05) is 68.4 Å². The molecule has 4 heteroatoms. The third kappa shape index (κ3) is 4.93. The van der Waals surface area contributed by atoms with E-state index in [9.17, 15) is 4.79 Å². The SMILES string of the molecule is CCC(SC(C)=O)c1ccc2nc(CC(C)C)c(CN)c(-c3ccc(C)cc3)c2c1. The molecular formula is C26H32N2OS. The molecule has 1 aromatic heterocycles. The molecule has 2 aromatic carbocycles. The lowest BCUT2D eigenvalue weighted by Crippen LogP contribution is -2.10. The lowest BCUT2D eigenvalue weighted by molar-refractivity contribution is -0.109. The summed E-state index contributed by atoms with van der Waals surface area (Å²) in [4.78, 5) is 16.8. The van der Waals surface area contributed by atoms with Gasteiger partial charge in [-0.25, -0.2) is 0 Å². The zero-order valence-corrected chi connectivity index (χ0v) is 19.5. The Balaban J connectivity index is 2.30. The highest BCUT2D eigenvalue weighted by molar-refractivity contribution is 8.13. The van der Waals surface area contributed by atoms with E-state index in [0.29, 0.717) is 12.5 Å². The molecular weight excluding hydrogens is 388 g/mol. The van der Waals surface area contributed by atoms with Gasteiger partial charge in [0.2, 0.25) is 0 Å². The number of carbonyl (C=O) groups excluding carboxylic acids is 1. The summed E-state index contributed by atoms with van der Waals surface area (Å²) in [6.45, 7) is 10.7. The fourth-order valence-corrected chi connectivity index (χ4v) is 4.83. The van der Waals surface area contributed by atoms with Crippen molar-refractivity contribution in [1.29, 1.82) is 0 Å². The third-order valence-corrected chi connectivity index (χ3v) is 6.61. The number of hydrogen-bond acceptors (Lipinski definition) is 4. The molecule has 0 aliphatic heterocycles. The van der Waals surface area contributed by atoms with Gasteiger partial charge in [0.15, 0.2) is 5.12 Å². The van der Waals surface area contributed by atoms with Gasteiger partial charge in [-0.2, -0.15) is 0 Å². The van der Waals surface area contributed by atoms with E-state index in [1.807, 2.05) is 0 Å². The highest BCUT2D eigenvalue weighted by atomic mass is 32.2. The second kappa shape index (κ2) is 9.76. The first kappa shape index (κ1) is 22.5. The number of nitrogens with two attached hydrogens (primary N) is 1. The van der Waals surface area contributed by atoms with Gasteiger partial charge >= 0.3 is 0 Å². The number of pyridine rings is 1. The van der Waals surface area contributed by atoms with Crippen molar-refractivity contribution in [2.24, 2.45) is 11.7 Å². The normalized spacial score (nSPS) is 12.5. The lowest BCUT2D eigenvalue weighted by atomic mass is 9.90. The van der Waals surface area contributed by atoms with Gasteiger partial charge in [0, 0.05) is 29.8 Å². The van der Waals surface area contributed by atoms with E-state index in [1.54, 1.807) is 6.92 Å². The third-order valence-electron chi connectivity index (χ3n) is 5.39. The summed E-state index contributed by atoms with van der Waals surface area (Å²) in [6.07, 6.45) is 1.80. The number of aromatic nitrogens is 1. The minimum Gasteiger partial charge on any atom is -0.326 e. The molecule has 1 heterocycles. The monoisotopic (exact) mass is 420 g/mol. The Labute approximate surface area is 184 Å². The van der Waals surface area contributed by atoms with E-state index in [2.05, 4.69) is 70.2 Å². The van der Waals surface area contributed by atoms with Crippen molar-refractivity contribution in [2.45, 2.75) is 59.3 Å². The Morgan fingerprint density at radius 1 is 1.13 bits per heavy atom. The second-order valence-electron chi connectivity index (χ2n) is 8.36. The summed E-state index contributed by atoms with van der Waals surface area (Å²) >= 11 is 1.40. The maximum atomic E-state index is 11.8. The summed E-state index contributed by atoms with van der Waals surface area (Å²) in [6, 6.07) is 15.1. The Bertz CT molecular complexity index is 1040. The quantitative estimate of drug-likeness (QED) is 0.468. The van der Waals surface area contributed by atoms with Crippen LogP contribution in [0.15, 0.2) is 42.5 Å². The van der Waals surface area contributed by atoms with Crippen molar-refractivity contribution in [1.82, 2.24) is 4.98 Å². The molecule has 0 saturated carbocycles. The van der Waals surface area contributed by atoms with Crippen LogP contribution in [-0.2, 0) is 17.8 Å². The molecule has 0 radical (unpaired) electrons. The van der Waals surface area contributed by atoms with Gasteiger partial charge in [0.05, 0.1) is 5.52 Å². The van der Waals surface area contributed by atoms with Crippen molar-refractivity contribution in [3.8, 4) is 11.1 Å². The zero-order valence-electron chi connectivity index (χ0n) is 18.7. The number of aryl methyl sites for hydroxylation is 1. The minimum atomic E-state index is 0.147. The van der Waals surface area contributed by atoms with E-state index < -0.39 is 0 Å². The Hall–Kier alpha value is -2.17. The van der Waals surface area contributed by atoms with Crippen LogP contribution in [0.4, 0.5) is 0 Å². The van der Waals surface area contributed by atoms with Gasteiger partial charge in [-0.05, 0) is 60.1 Å². The molecule has 30 heavy (non-hydrogen) atoms. The number of carbonyl (C=O) groups is 1. The van der Waals surface area contributed by atoms with Crippen molar-refractivity contribution in [3.05, 3.63) is 64.8 Å². The van der Waals surface area contributed by atoms with Crippen molar-refractivity contribution >= 4 is 27.8 Å². The molecule has 0 aliphatic rings. The number of fused-ring (bicyclic) bond motifs is 1. The first-order valence-electron chi connectivity index (χ1n) is 10.7. The van der Waals surface area contributed by atoms with E-state index in [4.69, 9.17) is 10.7 Å². The maximum absolute atomic E-state index is 11.8. The number of thioether (sulfide) groups is 1. The predicted molar refractivity (Wildman–Crippen MR) is 130 cm³/mol. The Kier molecular flexibility index (Phi) is 7.32. The maximum Gasteiger partial charge on any atom is 0.186 e. The lowest BCUT2D eigenvalue weighted by Gasteiger charge is -2.20.